The Morgan fingerprint density at radius 2 is 1.81 bits per heavy atom. The molecule has 0 radical (unpaired) electrons. The molecule has 202 valence electrons. The van der Waals surface area contributed by atoms with Gasteiger partial charge in [-0.05, 0) is 124 Å². The SMILES string of the molecule is CC=C(C)/C=C/C/C=C/C1CC[C@@]2(C)C(=CCC3C2CC[C@@]2(C)C3CC[C@@H]2C(C)CCCC(C)C)C1. The van der Waals surface area contributed by atoms with Crippen LogP contribution in [-0.4, -0.2) is 0 Å². The van der Waals surface area contributed by atoms with Crippen LogP contribution in [0.1, 0.15) is 126 Å². The Morgan fingerprint density at radius 1 is 1.00 bits per heavy atom. The third-order valence-electron chi connectivity index (χ3n) is 11.9. The molecule has 36 heavy (non-hydrogen) atoms. The molecule has 0 heteroatoms. The smallest absolute Gasteiger partial charge is 0.00849 e. The van der Waals surface area contributed by atoms with Gasteiger partial charge < -0.3 is 0 Å². The highest BCUT2D eigenvalue weighted by atomic mass is 14.6. The molecule has 0 aromatic carbocycles. The van der Waals surface area contributed by atoms with Crippen LogP contribution in [0.2, 0.25) is 0 Å². The molecule has 5 unspecified atom stereocenters. The molecule has 0 amide bonds. The van der Waals surface area contributed by atoms with Crippen molar-refractivity contribution in [2.24, 2.45) is 52.3 Å². The maximum atomic E-state index is 2.77. The van der Waals surface area contributed by atoms with Crippen molar-refractivity contribution in [2.75, 3.05) is 0 Å². The lowest BCUT2D eigenvalue weighted by molar-refractivity contribution is -0.0516. The highest BCUT2D eigenvalue weighted by Crippen LogP contribution is 2.67. The predicted octanol–water partition coefficient (Wildman–Crippen LogP) is 11.1. The molecule has 0 heterocycles. The molecule has 0 N–H and O–H groups in total. The zero-order valence-corrected chi connectivity index (χ0v) is 25.0. The van der Waals surface area contributed by atoms with Crippen LogP contribution >= 0.6 is 0 Å². The van der Waals surface area contributed by atoms with E-state index in [-0.39, 0.29) is 0 Å². The number of rotatable bonds is 9. The number of fused-ring (bicyclic) bond motifs is 5. The molecule has 0 saturated heterocycles. The van der Waals surface area contributed by atoms with E-state index in [2.05, 4.69) is 84.9 Å². The minimum Gasteiger partial charge on any atom is -0.0848 e. The van der Waals surface area contributed by atoms with Crippen molar-refractivity contribution in [1.82, 2.24) is 0 Å². The van der Waals surface area contributed by atoms with Gasteiger partial charge in [0.1, 0.15) is 0 Å². The van der Waals surface area contributed by atoms with E-state index in [4.69, 9.17) is 0 Å². The normalized spacial score (nSPS) is 39.8. The van der Waals surface area contributed by atoms with Crippen LogP contribution < -0.4 is 0 Å². The third kappa shape index (κ3) is 5.68. The fourth-order valence-electron chi connectivity index (χ4n) is 9.58. The van der Waals surface area contributed by atoms with Crippen molar-refractivity contribution in [1.29, 1.82) is 0 Å². The van der Waals surface area contributed by atoms with E-state index in [0.717, 1.165) is 47.8 Å². The van der Waals surface area contributed by atoms with Crippen molar-refractivity contribution in [3.8, 4) is 0 Å². The summed E-state index contributed by atoms with van der Waals surface area (Å²) in [5.74, 6) is 6.39. The summed E-state index contributed by atoms with van der Waals surface area (Å²) in [4.78, 5) is 0. The van der Waals surface area contributed by atoms with E-state index in [0.29, 0.717) is 10.8 Å². The van der Waals surface area contributed by atoms with Crippen LogP contribution in [0.4, 0.5) is 0 Å². The molecular formula is C36H58. The number of hydrogen-bond donors (Lipinski definition) is 0. The van der Waals surface area contributed by atoms with E-state index in [9.17, 15) is 0 Å². The van der Waals surface area contributed by atoms with Gasteiger partial charge in [-0.1, -0.05) is 101 Å². The van der Waals surface area contributed by atoms with Gasteiger partial charge in [0, 0.05) is 0 Å². The lowest BCUT2D eigenvalue weighted by Crippen LogP contribution is -2.50. The molecule has 0 aliphatic heterocycles. The van der Waals surface area contributed by atoms with E-state index in [1.54, 1.807) is 0 Å². The average Bonchev–Trinajstić information content (AvgIpc) is 3.20. The summed E-state index contributed by atoms with van der Waals surface area (Å²) in [5, 5.41) is 0. The fraction of sp³-hybridized carbons (Fsp3) is 0.778. The summed E-state index contributed by atoms with van der Waals surface area (Å²) < 4.78 is 0. The monoisotopic (exact) mass is 490 g/mol. The van der Waals surface area contributed by atoms with Gasteiger partial charge in [0.05, 0.1) is 0 Å². The molecule has 4 rings (SSSR count). The summed E-state index contributed by atoms with van der Waals surface area (Å²) in [6.45, 7) is 17.1. The third-order valence-corrected chi connectivity index (χ3v) is 11.9. The Hall–Kier alpha value is -1.04. The van der Waals surface area contributed by atoms with Gasteiger partial charge in [-0.25, -0.2) is 0 Å². The zero-order valence-electron chi connectivity index (χ0n) is 25.0. The number of hydrogen-bond acceptors (Lipinski definition) is 0. The lowest BCUT2D eigenvalue weighted by atomic mass is 9.46. The molecule has 4 aliphatic carbocycles. The van der Waals surface area contributed by atoms with Crippen LogP contribution in [-0.2, 0) is 0 Å². The Balaban J connectivity index is 1.39. The quantitative estimate of drug-likeness (QED) is 0.223. The van der Waals surface area contributed by atoms with Gasteiger partial charge in [-0.15, -0.1) is 0 Å². The fourth-order valence-corrected chi connectivity index (χ4v) is 9.58. The molecule has 0 aromatic rings. The highest BCUT2D eigenvalue weighted by Gasteiger charge is 2.58. The van der Waals surface area contributed by atoms with Crippen LogP contribution in [0, 0.1) is 52.3 Å². The van der Waals surface area contributed by atoms with Crippen molar-refractivity contribution >= 4 is 0 Å². The van der Waals surface area contributed by atoms with Crippen molar-refractivity contribution in [3.05, 3.63) is 47.6 Å². The van der Waals surface area contributed by atoms with Gasteiger partial charge >= 0.3 is 0 Å². The minimum absolute atomic E-state index is 0.485. The molecule has 0 bridgehead atoms. The van der Waals surface area contributed by atoms with Crippen LogP contribution in [0.5, 0.6) is 0 Å². The molecule has 0 spiro atoms. The first-order valence-corrected chi connectivity index (χ1v) is 15.8. The Kier molecular flexibility index (Phi) is 9.16. The molecule has 3 fully saturated rings. The summed E-state index contributed by atoms with van der Waals surface area (Å²) in [5.41, 5.74) is 4.29. The van der Waals surface area contributed by atoms with Gasteiger partial charge in [0.25, 0.3) is 0 Å². The van der Waals surface area contributed by atoms with Crippen LogP contribution in [0.15, 0.2) is 47.6 Å². The van der Waals surface area contributed by atoms with Crippen molar-refractivity contribution in [2.45, 2.75) is 126 Å². The Labute approximate surface area is 225 Å². The highest BCUT2D eigenvalue weighted by molar-refractivity contribution is 5.26. The summed E-state index contributed by atoms with van der Waals surface area (Å²) in [7, 11) is 0. The minimum atomic E-state index is 0.485. The second kappa shape index (κ2) is 11.8. The van der Waals surface area contributed by atoms with E-state index in [1.807, 2.05) is 5.57 Å². The Bertz CT molecular complexity index is 851. The van der Waals surface area contributed by atoms with E-state index in [1.165, 1.54) is 76.2 Å². The second-order valence-electron chi connectivity index (χ2n) is 14.4. The molecule has 0 nitrogen and oxygen atoms in total. The zero-order chi connectivity index (χ0) is 25.9. The maximum Gasteiger partial charge on any atom is -0.00849 e. The molecule has 4 aliphatic rings. The molecule has 3 saturated carbocycles. The van der Waals surface area contributed by atoms with E-state index >= 15 is 0 Å². The topological polar surface area (TPSA) is 0 Å². The van der Waals surface area contributed by atoms with Crippen molar-refractivity contribution < 1.29 is 0 Å². The summed E-state index contributed by atoms with van der Waals surface area (Å²) in [6.07, 6.45) is 31.4. The first-order valence-electron chi connectivity index (χ1n) is 15.8. The Morgan fingerprint density at radius 3 is 2.56 bits per heavy atom. The standard InChI is InChI=1S/C36H58/c1-8-27(4)14-10-9-11-16-29-21-23-35(6)30(25-29)17-18-31-33-20-19-32(28(5)15-12-13-26(2)3)36(33,7)24-22-34(31)35/h8,10-11,14,16-17,26,28-29,31-34H,9,12-13,15,18-25H2,1-7H3/b14-10+,16-11+,27-8?/t28?,29?,31?,32-,33?,34?,35+,36-/m1/s1. The van der Waals surface area contributed by atoms with Crippen LogP contribution in [0.3, 0.4) is 0 Å². The predicted molar refractivity (Wildman–Crippen MR) is 159 cm³/mol. The first kappa shape index (κ1) is 28.0. The molecule has 0 aromatic heterocycles. The summed E-state index contributed by atoms with van der Waals surface area (Å²) >= 11 is 0. The van der Waals surface area contributed by atoms with E-state index < -0.39 is 0 Å². The lowest BCUT2D eigenvalue weighted by Gasteiger charge is -2.58. The molecular weight excluding hydrogens is 432 g/mol. The van der Waals surface area contributed by atoms with Crippen LogP contribution in [0.25, 0.3) is 0 Å². The largest absolute Gasteiger partial charge is 0.0848 e. The van der Waals surface area contributed by atoms with Gasteiger partial charge in [0.15, 0.2) is 0 Å². The summed E-state index contributed by atoms with van der Waals surface area (Å²) in [6, 6.07) is 0. The average molecular weight is 491 g/mol. The second-order valence-corrected chi connectivity index (χ2v) is 14.4. The van der Waals surface area contributed by atoms with Crippen molar-refractivity contribution in [3.63, 3.8) is 0 Å². The first-order chi connectivity index (χ1) is 17.2. The molecule has 8 atom stereocenters. The van der Waals surface area contributed by atoms with Gasteiger partial charge in [0.2, 0.25) is 0 Å². The van der Waals surface area contributed by atoms with Gasteiger partial charge in [-0.3, -0.25) is 0 Å². The maximum absolute atomic E-state index is 2.77. The van der Waals surface area contributed by atoms with Gasteiger partial charge in [-0.2, -0.15) is 0 Å². The number of allylic oxidation sites excluding steroid dienone is 8.